The first-order valence-corrected chi connectivity index (χ1v) is 2.53. The highest BCUT2D eigenvalue weighted by molar-refractivity contribution is 9.11. The number of halogens is 1. The Morgan fingerprint density at radius 2 is 2.14 bits per heavy atom. The molecular weight excluding hydrogens is 160 g/mol. The van der Waals surface area contributed by atoms with Crippen molar-refractivity contribution in [3.05, 3.63) is 10.9 Å². The van der Waals surface area contributed by atoms with Crippen LogP contribution in [-0.4, -0.2) is 14.2 Å². The van der Waals surface area contributed by atoms with Gasteiger partial charge in [0.15, 0.2) is 4.67 Å². The van der Waals surface area contributed by atoms with E-state index in [-0.39, 0.29) is 0 Å². The Labute approximate surface area is 51.2 Å². The fourth-order valence-corrected chi connectivity index (χ4v) is 0.328. The van der Waals surface area contributed by atoms with Crippen LogP contribution in [0.3, 0.4) is 0 Å². The van der Waals surface area contributed by atoms with Gasteiger partial charge in [-0.15, -0.1) is 0 Å². The molecule has 3 heteroatoms. The SMILES string of the molecule is CO/C=C(/Br)OC. The topological polar surface area (TPSA) is 18.5 Å². The second-order valence-electron chi connectivity index (χ2n) is 0.862. The van der Waals surface area contributed by atoms with E-state index in [0.29, 0.717) is 4.67 Å². The highest BCUT2D eigenvalue weighted by atomic mass is 79.9. The fraction of sp³-hybridized carbons (Fsp3) is 0.500. The van der Waals surface area contributed by atoms with Gasteiger partial charge in [-0.1, -0.05) is 0 Å². The second kappa shape index (κ2) is 3.99. The largest absolute Gasteiger partial charge is 0.500 e. The van der Waals surface area contributed by atoms with Crippen molar-refractivity contribution in [3.63, 3.8) is 0 Å². The van der Waals surface area contributed by atoms with Crippen molar-refractivity contribution in [3.8, 4) is 0 Å². The summed E-state index contributed by atoms with van der Waals surface area (Å²) in [6.07, 6.45) is 1.46. The van der Waals surface area contributed by atoms with E-state index in [0.717, 1.165) is 0 Å². The lowest BCUT2D eigenvalue weighted by atomic mass is 11.0. The lowest BCUT2D eigenvalue weighted by molar-refractivity contribution is 0.277. The van der Waals surface area contributed by atoms with Gasteiger partial charge in [-0.3, -0.25) is 0 Å². The van der Waals surface area contributed by atoms with Crippen LogP contribution in [0.4, 0.5) is 0 Å². The summed E-state index contributed by atoms with van der Waals surface area (Å²) in [7, 11) is 3.11. The van der Waals surface area contributed by atoms with Crippen molar-refractivity contribution in [1.82, 2.24) is 0 Å². The minimum absolute atomic E-state index is 0.593. The smallest absolute Gasteiger partial charge is 0.196 e. The van der Waals surface area contributed by atoms with E-state index in [2.05, 4.69) is 25.4 Å². The molecule has 0 heterocycles. The zero-order valence-electron chi connectivity index (χ0n) is 4.27. The number of ether oxygens (including phenoxy) is 2. The van der Waals surface area contributed by atoms with Crippen LogP contribution >= 0.6 is 15.9 Å². The van der Waals surface area contributed by atoms with E-state index in [4.69, 9.17) is 0 Å². The van der Waals surface area contributed by atoms with Crippen molar-refractivity contribution in [2.45, 2.75) is 0 Å². The minimum Gasteiger partial charge on any atom is -0.500 e. The molecule has 0 rings (SSSR count). The maximum Gasteiger partial charge on any atom is 0.196 e. The predicted molar refractivity (Wildman–Crippen MR) is 31.0 cm³/mol. The predicted octanol–water partition coefficient (Wildman–Crippen LogP) is 1.47. The molecule has 0 aromatic rings. The van der Waals surface area contributed by atoms with Crippen LogP contribution in [0.1, 0.15) is 0 Å². The molecule has 0 aromatic heterocycles. The highest BCUT2D eigenvalue weighted by Crippen LogP contribution is 2.02. The van der Waals surface area contributed by atoms with E-state index in [1.165, 1.54) is 6.26 Å². The van der Waals surface area contributed by atoms with E-state index in [9.17, 15) is 0 Å². The van der Waals surface area contributed by atoms with E-state index in [1.54, 1.807) is 14.2 Å². The molecular formula is C4H7BrO2. The lowest BCUT2D eigenvalue weighted by Crippen LogP contribution is -1.74. The maximum absolute atomic E-state index is 4.64. The molecule has 0 unspecified atom stereocenters. The number of hydrogen-bond donors (Lipinski definition) is 0. The van der Waals surface area contributed by atoms with E-state index in [1.807, 2.05) is 0 Å². The maximum atomic E-state index is 4.64. The molecule has 0 N–H and O–H groups in total. The average Bonchev–Trinajstić information content (AvgIpc) is 1.68. The molecule has 0 atom stereocenters. The molecule has 0 aliphatic rings. The Morgan fingerprint density at radius 1 is 1.57 bits per heavy atom. The molecule has 0 saturated heterocycles. The molecule has 0 radical (unpaired) electrons. The molecule has 0 fully saturated rings. The summed E-state index contributed by atoms with van der Waals surface area (Å²) in [4.78, 5) is 0. The first-order chi connectivity index (χ1) is 3.31. The minimum atomic E-state index is 0.593. The van der Waals surface area contributed by atoms with Crippen LogP contribution in [0.5, 0.6) is 0 Å². The Balaban J connectivity index is 3.29. The van der Waals surface area contributed by atoms with Gasteiger partial charge < -0.3 is 9.47 Å². The van der Waals surface area contributed by atoms with Crippen LogP contribution in [0.25, 0.3) is 0 Å². The Kier molecular flexibility index (Phi) is 3.89. The van der Waals surface area contributed by atoms with E-state index >= 15 is 0 Å². The summed E-state index contributed by atoms with van der Waals surface area (Å²) in [6, 6.07) is 0. The van der Waals surface area contributed by atoms with Gasteiger partial charge >= 0.3 is 0 Å². The van der Waals surface area contributed by atoms with Crippen molar-refractivity contribution >= 4 is 15.9 Å². The molecule has 42 valence electrons. The van der Waals surface area contributed by atoms with Gasteiger partial charge in [0.05, 0.1) is 14.2 Å². The van der Waals surface area contributed by atoms with Crippen LogP contribution in [0.15, 0.2) is 10.9 Å². The molecule has 0 aliphatic carbocycles. The first-order valence-electron chi connectivity index (χ1n) is 1.73. The molecule has 0 aromatic carbocycles. The number of methoxy groups -OCH3 is 2. The van der Waals surface area contributed by atoms with Crippen molar-refractivity contribution in [1.29, 1.82) is 0 Å². The zero-order chi connectivity index (χ0) is 5.70. The van der Waals surface area contributed by atoms with Crippen LogP contribution in [-0.2, 0) is 9.47 Å². The van der Waals surface area contributed by atoms with Gasteiger partial charge in [-0.25, -0.2) is 0 Å². The monoisotopic (exact) mass is 166 g/mol. The average molecular weight is 167 g/mol. The number of rotatable bonds is 2. The van der Waals surface area contributed by atoms with Gasteiger partial charge in [0.2, 0.25) is 0 Å². The summed E-state index contributed by atoms with van der Waals surface area (Å²) in [5, 5.41) is 0. The third kappa shape index (κ3) is 3.66. The molecule has 7 heavy (non-hydrogen) atoms. The van der Waals surface area contributed by atoms with E-state index < -0.39 is 0 Å². The standard InChI is InChI=1S/C4H7BrO2/c1-6-3-4(5)7-2/h3H,1-2H3/b4-3-. The first kappa shape index (κ1) is 6.82. The molecule has 0 amide bonds. The Bertz CT molecular complexity index is 70.1. The van der Waals surface area contributed by atoms with Gasteiger partial charge in [-0.05, 0) is 15.9 Å². The highest BCUT2D eigenvalue weighted by Gasteiger charge is 1.80. The summed E-state index contributed by atoms with van der Waals surface area (Å²) >= 11 is 3.05. The fourth-order valence-electron chi connectivity index (χ4n) is 0.141. The second-order valence-corrected chi connectivity index (χ2v) is 1.64. The summed E-state index contributed by atoms with van der Waals surface area (Å²) < 4.78 is 9.80. The summed E-state index contributed by atoms with van der Waals surface area (Å²) in [5.74, 6) is 0. The molecule has 2 nitrogen and oxygen atoms in total. The van der Waals surface area contributed by atoms with Crippen molar-refractivity contribution in [2.24, 2.45) is 0 Å². The molecule has 0 spiro atoms. The Hall–Kier alpha value is -0.180. The molecule has 0 bridgehead atoms. The van der Waals surface area contributed by atoms with Crippen LogP contribution in [0, 0.1) is 0 Å². The van der Waals surface area contributed by atoms with Crippen molar-refractivity contribution < 1.29 is 9.47 Å². The van der Waals surface area contributed by atoms with Gasteiger partial charge in [-0.2, -0.15) is 0 Å². The third-order valence-corrected chi connectivity index (χ3v) is 0.916. The normalized spacial score (nSPS) is 11.0. The lowest BCUT2D eigenvalue weighted by Gasteiger charge is -1.92. The summed E-state index contributed by atoms with van der Waals surface area (Å²) in [6.45, 7) is 0. The summed E-state index contributed by atoms with van der Waals surface area (Å²) in [5.41, 5.74) is 0. The molecule has 0 saturated carbocycles. The third-order valence-electron chi connectivity index (χ3n) is 0.406. The van der Waals surface area contributed by atoms with Crippen molar-refractivity contribution in [2.75, 3.05) is 14.2 Å². The quantitative estimate of drug-likeness (QED) is 0.579. The zero-order valence-corrected chi connectivity index (χ0v) is 5.86. The van der Waals surface area contributed by atoms with Crippen LogP contribution in [0.2, 0.25) is 0 Å². The molecule has 0 aliphatic heterocycles. The van der Waals surface area contributed by atoms with Crippen LogP contribution < -0.4 is 0 Å². The van der Waals surface area contributed by atoms with Gasteiger partial charge in [0.25, 0.3) is 0 Å². The Morgan fingerprint density at radius 3 is 2.29 bits per heavy atom. The van der Waals surface area contributed by atoms with Gasteiger partial charge in [0.1, 0.15) is 6.26 Å². The number of hydrogen-bond acceptors (Lipinski definition) is 2. The van der Waals surface area contributed by atoms with Gasteiger partial charge in [0, 0.05) is 0 Å².